The van der Waals surface area contributed by atoms with Gasteiger partial charge in [-0.05, 0) is 38.1 Å². The van der Waals surface area contributed by atoms with Crippen LogP contribution in [0.5, 0.6) is 0 Å². The molecule has 0 unspecified atom stereocenters. The van der Waals surface area contributed by atoms with Crippen LogP contribution < -0.4 is 0 Å². The van der Waals surface area contributed by atoms with Gasteiger partial charge in [0.05, 0.1) is 18.9 Å². The van der Waals surface area contributed by atoms with E-state index in [1.54, 1.807) is 18.2 Å². The fraction of sp³-hybridized carbons (Fsp3) is 0.417. The number of aromatic nitrogens is 1. The summed E-state index contributed by atoms with van der Waals surface area (Å²) in [5.41, 5.74) is -3.36. The van der Waals surface area contributed by atoms with Crippen molar-refractivity contribution in [1.29, 1.82) is 0 Å². The summed E-state index contributed by atoms with van der Waals surface area (Å²) in [6.07, 6.45) is 3.06. The first-order valence-electron chi connectivity index (χ1n) is 5.82. The van der Waals surface area contributed by atoms with Crippen LogP contribution >= 0.6 is 7.60 Å². The lowest BCUT2D eigenvalue weighted by molar-refractivity contribution is 0.0799. The molecule has 0 saturated carbocycles. The Morgan fingerprint density at radius 3 is 2.42 bits per heavy atom. The van der Waals surface area contributed by atoms with Gasteiger partial charge in [-0.25, -0.2) is 0 Å². The van der Waals surface area contributed by atoms with Gasteiger partial charge in [-0.3, -0.25) is 9.55 Å². The third-order valence-electron chi connectivity index (χ3n) is 2.11. The zero-order valence-corrected chi connectivity index (χ0v) is 11.6. The number of rotatable bonds is 7. The highest BCUT2D eigenvalue weighted by Crippen LogP contribution is 2.62. The largest absolute Gasteiger partial charge is 0.403 e. The highest BCUT2D eigenvalue weighted by Gasteiger charge is 2.51. The minimum absolute atomic E-state index is 0.121. The molecule has 106 valence electrons. The van der Waals surface area contributed by atoms with Crippen molar-refractivity contribution in [1.82, 2.24) is 4.98 Å². The molecule has 0 radical (unpaired) electrons. The van der Waals surface area contributed by atoms with Crippen LogP contribution in [0.25, 0.3) is 6.08 Å². The van der Waals surface area contributed by atoms with Crippen molar-refractivity contribution in [2.75, 3.05) is 13.2 Å². The summed E-state index contributed by atoms with van der Waals surface area (Å²) in [7, 11) is -4.51. The molecule has 1 aromatic rings. The number of halogens is 2. The van der Waals surface area contributed by atoms with Crippen LogP contribution in [-0.2, 0) is 13.6 Å². The topological polar surface area (TPSA) is 48.4 Å². The number of hydrogen-bond donors (Lipinski definition) is 0. The number of allylic oxidation sites excluding steroid dienone is 1. The Hall–Kier alpha value is -1.10. The highest BCUT2D eigenvalue weighted by atomic mass is 31.2. The smallest absolute Gasteiger partial charge is 0.304 e. The minimum atomic E-state index is -4.51. The Morgan fingerprint density at radius 2 is 1.95 bits per heavy atom. The van der Waals surface area contributed by atoms with Crippen molar-refractivity contribution in [3.05, 3.63) is 36.2 Å². The van der Waals surface area contributed by atoms with Crippen molar-refractivity contribution in [3.8, 4) is 0 Å². The number of alkyl halides is 2. The van der Waals surface area contributed by atoms with E-state index in [-0.39, 0.29) is 13.2 Å². The second-order valence-corrected chi connectivity index (χ2v) is 5.62. The third-order valence-corrected chi connectivity index (χ3v) is 4.18. The third kappa shape index (κ3) is 4.20. The fourth-order valence-electron chi connectivity index (χ4n) is 1.30. The molecule has 0 aliphatic rings. The van der Waals surface area contributed by atoms with E-state index in [2.05, 4.69) is 14.0 Å². The zero-order valence-electron chi connectivity index (χ0n) is 10.8. The molecular weight excluding hydrogens is 275 g/mol. The van der Waals surface area contributed by atoms with Crippen molar-refractivity contribution in [3.63, 3.8) is 0 Å². The van der Waals surface area contributed by atoms with Gasteiger partial charge in [0.15, 0.2) is 0 Å². The van der Waals surface area contributed by atoms with Gasteiger partial charge in [-0.1, -0.05) is 6.07 Å². The first-order valence-corrected chi connectivity index (χ1v) is 7.36. The van der Waals surface area contributed by atoms with E-state index in [9.17, 15) is 13.3 Å². The molecule has 1 aromatic heterocycles. The molecule has 0 saturated heterocycles. The molecule has 0 atom stereocenters. The van der Waals surface area contributed by atoms with Crippen LogP contribution in [0.2, 0.25) is 0 Å². The van der Waals surface area contributed by atoms with E-state index >= 15 is 0 Å². The molecule has 7 heteroatoms. The highest BCUT2D eigenvalue weighted by molar-refractivity contribution is 7.55. The molecule has 0 aromatic carbocycles. The molecule has 0 spiro atoms. The van der Waals surface area contributed by atoms with Gasteiger partial charge >= 0.3 is 13.3 Å². The molecule has 1 rings (SSSR count). The SMILES string of the molecule is CCOP(=O)(OCC)C(F)(F)/C=C/c1ccccn1. The Morgan fingerprint density at radius 1 is 1.32 bits per heavy atom. The molecule has 0 fully saturated rings. The average molecular weight is 291 g/mol. The van der Waals surface area contributed by atoms with Gasteiger partial charge in [0, 0.05) is 6.20 Å². The van der Waals surface area contributed by atoms with E-state index in [1.165, 1.54) is 20.0 Å². The first kappa shape index (κ1) is 16.0. The molecule has 1 heterocycles. The standard InChI is InChI=1S/C12H16F2NO3P/c1-3-17-19(16,18-4-2)12(13,14)9-8-11-7-5-6-10-15-11/h5-10H,3-4H2,1-2H3/b9-8+. The van der Waals surface area contributed by atoms with E-state index in [0.717, 1.165) is 6.08 Å². The Kier molecular flexibility index (Phi) is 5.79. The quantitative estimate of drug-likeness (QED) is 0.714. The van der Waals surface area contributed by atoms with Crippen molar-refractivity contribution < 1.29 is 22.4 Å². The number of pyridine rings is 1. The van der Waals surface area contributed by atoms with E-state index in [1.807, 2.05) is 0 Å². The number of nitrogens with zero attached hydrogens (tertiary/aromatic N) is 1. The summed E-state index contributed by atoms with van der Waals surface area (Å²) in [4.78, 5) is 3.86. The van der Waals surface area contributed by atoms with Gasteiger partial charge in [0.2, 0.25) is 0 Å². The molecular formula is C12H16F2NO3P. The summed E-state index contributed by atoms with van der Waals surface area (Å²) in [6, 6.07) is 4.88. The van der Waals surface area contributed by atoms with E-state index < -0.39 is 13.3 Å². The van der Waals surface area contributed by atoms with Crippen molar-refractivity contribution in [2.24, 2.45) is 0 Å². The summed E-state index contributed by atoms with van der Waals surface area (Å²) < 4.78 is 49.1. The average Bonchev–Trinajstić information content (AvgIpc) is 2.38. The van der Waals surface area contributed by atoms with Crippen LogP contribution in [0, 0.1) is 0 Å². The van der Waals surface area contributed by atoms with Crippen LogP contribution in [0.3, 0.4) is 0 Å². The van der Waals surface area contributed by atoms with Crippen LogP contribution in [-0.4, -0.2) is 23.9 Å². The zero-order chi connectivity index (χ0) is 14.4. The van der Waals surface area contributed by atoms with Gasteiger partial charge in [0.1, 0.15) is 0 Å². The Balaban J connectivity index is 2.94. The van der Waals surface area contributed by atoms with Crippen molar-refractivity contribution >= 4 is 13.7 Å². The van der Waals surface area contributed by atoms with Crippen LogP contribution in [0.15, 0.2) is 30.5 Å². The molecule has 0 aliphatic heterocycles. The molecule has 0 N–H and O–H groups in total. The summed E-state index contributed by atoms with van der Waals surface area (Å²) in [5, 5.41) is 0. The summed E-state index contributed by atoms with van der Waals surface area (Å²) in [6.45, 7) is 2.71. The van der Waals surface area contributed by atoms with Gasteiger partial charge < -0.3 is 9.05 Å². The monoisotopic (exact) mass is 291 g/mol. The second kappa shape index (κ2) is 6.89. The summed E-state index contributed by atoms with van der Waals surface area (Å²) in [5.74, 6) is 0. The Bertz CT molecular complexity index is 455. The first-order chi connectivity index (χ1) is 8.95. The maximum absolute atomic E-state index is 13.9. The van der Waals surface area contributed by atoms with Gasteiger partial charge in [-0.15, -0.1) is 0 Å². The Labute approximate surface area is 111 Å². The fourth-order valence-corrected chi connectivity index (χ4v) is 2.66. The molecule has 0 amide bonds. The normalized spacial score (nSPS) is 13.1. The molecule has 19 heavy (non-hydrogen) atoms. The van der Waals surface area contributed by atoms with Crippen LogP contribution in [0.1, 0.15) is 19.5 Å². The summed E-state index contributed by atoms with van der Waals surface area (Å²) >= 11 is 0. The van der Waals surface area contributed by atoms with E-state index in [0.29, 0.717) is 11.8 Å². The van der Waals surface area contributed by atoms with Gasteiger partial charge in [0.25, 0.3) is 0 Å². The van der Waals surface area contributed by atoms with Gasteiger partial charge in [-0.2, -0.15) is 8.78 Å². The van der Waals surface area contributed by atoms with Crippen LogP contribution in [0.4, 0.5) is 8.78 Å². The lowest BCUT2D eigenvalue weighted by Gasteiger charge is -2.23. The predicted octanol–water partition coefficient (Wildman–Crippen LogP) is 3.95. The molecule has 0 bridgehead atoms. The van der Waals surface area contributed by atoms with Crippen molar-refractivity contribution in [2.45, 2.75) is 19.5 Å². The second-order valence-electron chi connectivity index (χ2n) is 3.51. The lowest BCUT2D eigenvalue weighted by Crippen LogP contribution is -2.17. The predicted molar refractivity (Wildman–Crippen MR) is 69.1 cm³/mol. The molecule has 4 nitrogen and oxygen atoms in total. The molecule has 0 aliphatic carbocycles. The number of hydrogen-bond acceptors (Lipinski definition) is 4. The maximum atomic E-state index is 13.9. The van der Waals surface area contributed by atoms with E-state index in [4.69, 9.17) is 0 Å². The lowest BCUT2D eigenvalue weighted by atomic mass is 10.3. The minimum Gasteiger partial charge on any atom is -0.304 e. The maximum Gasteiger partial charge on any atom is 0.403 e.